The van der Waals surface area contributed by atoms with Gasteiger partial charge in [0, 0.05) is 31.2 Å². The van der Waals surface area contributed by atoms with E-state index in [0.29, 0.717) is 23.9 Å². The zero-order valence-electron chi connectivity index (χ0n) is 17.4. The third-order valence-electron chi connectivity index (χ3n) is 5.35. The van der Waals surface area contributed by atoms with Crippen molar-refractivity contribution in [3.63, 3.8) is 0 Å². The molecule has 1 aliphatic rings. The van der Waals surface area contributed by atoms with E-state index in [-0.39, 0.29) is 30.2 Å². The SMILES string of the molecule is CC(=O)c1ccc(OCC(=O)N(C)CCCC2CC(c3ccc(F)cc3)NN2)cc1. The van der Waals surface area contributed by atoms with Gasteiger partial charge in [-0.05, 0) is 68.1 Å². The van der Waals surface area contributed by atoms with Crippen molar-refractivity contribution >= 4 is 11.7 Å². The lowest BCUT2D eigenvalue weighted by Crippen LogP contribution is -2.34. The highest BCUT2D eigenvalue weighted by Gasteiger charge is 2.24. The fourth-order valence-electron chi connectivity index (χ4n) is 3.47. The molecule has 2 atom stereocenters. The maximum atomic E-state index is 13.1. The van der Waals surface area contributed by atoms with Gasteiger partial charge < -0.3 is 9.64 Å². The van der Waals surface area contributed by atoms with Gasteiger partial charge >= 0.3 is 0 Å². The monoisotopic (exact) mass is 413 g/mol. The Labute approximate surface area is 176 Å². The number of hydrazine groups is 1. The van der Waals surface area contributed by atoms with Crippen LogP contribution in [-0.4, -0.2) is 42.8 Å². The van der Waals surface area contributed by atoms with E-state index in [1.807, 2.05) is 0 Å². The topological polar surface area (TPSA) is 70.7 Å². The number of nitrogens with one attached hydrogen (secondary N) is 2. The number of carbonyl (C=O) groups excluding carboxylic acids is 2. The number of hydrogen-bond acceptors (Lipinski definition) is 5. The summed E-state index contributed by atoms with van der Waals surface area (Å²) < 4.78 is 18.6. The molecule has 2 N–H and O–H groups in total. The van der Waals surface area contributed by atoms with Gasteiger partial charge in [-0.25, -0.2) is 4.39 Å². The second kappa shape index (κ2) is 10.3. The van der Waals surface area contributed by atoms with Crippen molar-refractivity contribution in [1.82, 2.24) is 15.8 Å². The van der Waals surface area contributed by atoms with Crippen LogP contribution in [0.1, 0.15) is 48.1 Å². The smallest absolute Gasteiger partial charge is 0.260 e. The van der Waals surface area contributed by atoms with E-state index in [0.717, 1.165) is 24.8 Å². The van der Waals surface area contributed by atoms with Crippen LogP contribution in [0.2, 0.25) is 0 Å². The minimum atomic E-state index is -0.231. The van der Waals surface area contributed by atoms with E-state index >= 15 is 0 Å². The summed E-state index contributed by atoms with van der Waals surface area (Å²) in [4.78, 5) is 25.2. The number of Topliss-reactive ketones (excluding diaryl/α,β-unsaturated/α-hetero) is 1. The molecular weight excluding hydrogens is 385 g/mol. The molecule has 0 saturated carbocycles. The Morgan fingerprint density at radius 1 is 1.10 bits per heavy atom. The number of amides is 1. The number of carbonyl (C=O) groups is 2. The molecule has 0 spiro atoms. The molecule has 1 amide bonds. The van der Waals surface area contributed by atoms with Crippen LogP contribution in [0.25, 0.3) is 0 Å². The van der Waals surface area contributed by atoms with Gasteiger partial charge in [-0.15, -0.1) is 0 Å². The van der Waals surface area contributed by atoms with Crippen LogP contribution in [0.5, 0.6) is 5.75 Å². The third kappa shape index (κ3) is 6.11. The predicted molar refractivity (Wildman–Crippen MR) is 113 cm³/mol. The Morgan fingerprint density at radius 2 is 1.80 bits per heavy atom. The number of ether oxygens (including phenoxy) is 1. The van der Waals surface area contributed by atoms with Gasteiger partial charge in [-0.2, -0.15) is 0 Å². The van der Waals surface area contributed by atoms with E-state index in [1.165, 1.54) is 19.1 Å². The van der Waals surface area contributed by atoms with Gasteiger partial charge in [0.05, 0.1) is 0 Å². The number of nitrogens with zero attached hydrogens (tertiary/aromatic N) is 1. The maximum absolute atomic E-state index is 13.1. The molecule has 6 nitrogen and oxygen atoms in total. The lowest BCUT2D eigenvalue weighted by Gasteiger charge is -2.18. The fourth-order valence-corrected chi connectivity index (χ4v) is 3.47. The molecule has 1 saturated heterocycles. The van der Waals surface area contributed by atoms with Crippen molar-refractivity contribution in [2.75, 3.05) is 20.2 Å². The highest BCUT2D eigenvalue weighted by molar-refractivity contribution is 5.94. The zero-order valence-corrected chi connectivity index (χ0v) is 17.4. The van der Waals surface area contributed by atoms with Crippen LogP contribution >= 0.6 is 0 Å². The molecule has 7 heteroatoms. The predicted octanol–water partition coefficient (Wildman–Crippen LogP) is 3.25. The maximum Gasteiger partial charge on any atom is 0.260 e. The molecule has 1 heterocycles. The lowest BCUT2D eigenvalue weighted by atomic mass is 9.99. The van der Waals surface area contributed by atoms with Crippen LogP contribution in [0, 0.1) is 5.82 Å². The first-order chi connectivity index (χ1) is 14.4. The molecule has 1 aliphatic heterocycles. The van der Waals surface area contributed by atoms with Gasteiger partial charge in [0.25, 0.3) is 5.91 Å². The van der Waals surface area contributed by atoms with E-state index in [9.17, 15) is 14.0 Å². The Hall–Kier alpha value is -2.77. The second-order valence-corrected chi connectivity index (χ2v) is 7.65. The second-order valence-electron chi connectivity index (χ2n) is 7.65. The molecule has 2 unspecified atom stereocenters. The summed E-state index contributed by atoms with van der Waals surface area (Å²) >= 11 is 0. The highest BCUT2D eigenvalue weighted by Crippen LogP contribution is 2.24. The lowest BCUT2D eigenvalue weighted by molar-refractivity contribution is -0.132. The van der Waals surface area contributed by atoms with Gasteiger partial charge in [0.15, 0.2) is 12.4 Å². The highest BCUT2D eigenvalue weighted by atomic mass is 19.1. The minimum absolute atomic E-state index is 0.00620. The fraction of sp³-hybridized carbons (Fsp3) is 0.391. The van der Waals surface area contributed by atoms with Crippen molar-refractivity contribution in [1.29, 1.82) is 0 Å². The van der Waals surface area contributed by atoms with E-state index < -0.39 is 0 Å². The van der Waals surface area contributed by atoms with Gasteiger partial charge in [0.2, 0.25) is 0 Å². The normalized spacial score (nSPS) is 18.2. The van der Waals surface area contributed by atoms with Crippen LogP contribution in [-0.2, 0) is 4.79 Å². The molecule has 0 bridgehead atoms. The number of ketones is 1. The summed E-state index contributed by atoms with van der Waals surface area (Å²) in [5.41, 5.74) is 8.22. The molecule has 160 valence electrons. The summed E-state index contributed by atoms with van der Waals surface area (Å²) in [6.45, 7) is 2.12. The Bertz CT molecular complexity index is 855. The van der Waals surface area contributed by atoms with Gasteiger partial charge in [-0.1, -0.05) is 12.1 Å². The van der Waals surface area contributed by atoms with E-state index in [4.69, 9.17) is 4.74 Å². The standard InChI is InChI=1S/C23H28FN3O3/c1-16(28)17-7-11-21(12-8-17)30-15-23(29)27(2)13-3-4-20-14-22(26-25-20)18-5-9-19(24)10-6-18/h5-12,20,22,25-26H,3-4,13-15H2,1-2H3. The van der Waals surface area contributed by atoms with Gasteiger partial charge in [-0.3, -0.25) is 20.4 Å². The van der Waals surface area contributed by atoms with Crippen LogP contribution in [0.15, 0.2) is 48.5 Å². The summed E-state index contributed by atoms with van der Waals surface area (Å²) in [5.74, 6) is 0.237. The molecule has 2 aromatic rings. The Kier molecular flexibility index (Phi) is 7.54. The first-order valence-electron chi connectivity index (χ1n) is 10.2. The van der Waals surface area contributed by atoms with Crippen LogP contribution < -0.4 is 15.6 Å². The van der Waals surface area contributed by atoms with Gasteiger partial charge in [0.1, 0.15) is 11.6 Å². The molecule has 3 rings (SSSR count). The average Bonchev–Trinajstić information content (AvgIpc) is 3.21. The molecule has 0 aliphatic carbocycles. The number of hydrogen-bond donors (Lipinski definition) is 2. The summed E-state index contributed by atoms with van der Waals surface area (Å²) in [6, 6.07) is 13.8. The zero-order chi connectivity index (χ0) is 21.5. The van der Waals surface area contributed by atoms with E-state index in [1.54, 1.807) is 48.3 Å². The van der Waals surface area contributed by atoms with Crippen molar-refractivity contribution in [2.45, 2.75) is 38.3 Å². The number of rotatable bonds is 9. The first kappa shape index (κ1) is 21.9. The molecular formula is C23H28FN3O3. The minimum Gasteiger partial charge on any atom is -0.484 e. The number of benzene rings is 2. The van der Waals surface area contributed by atoms with Crippen molar-refractivity contribution < 1.29 is 18.7 Å². The Balaban J connectivity index is 1.35. The number of halogens is 1. The molecule has 0 aromatic heterocycles. The summed E-state index contributed by atoms with van der Waals surface area (Å²) in [5, 5.41) is 0. The largest absolute Gasteiger partial charge is 0.484 e. The summed E-state index contributed by atoms with van der Waals surface area (Å²) in [6.07, 6.45) is 2.71. The Morgan fingerprint density at radius 3 is 2.47 bits per heavy atom. The quantitative estimate of drug-likeness (QED) is 0.618. The third-order valence-corrected chi connectivity index (χ3v) is 5.35. The molecule has 30 heavy (non-hydrogen) atoms. The van der Waals surface area contributed by atoms with Crippen LogP contribution in [0.3, 0.4) is 0 Å². The van der Waals surface area contributed by atoms with Crippen LogP contribution in [0.4, 0.5) is 4.39 Å². The molecule has 2 aromatic carbocycles. The molecule has 1 fully saturated rings. The van der Waals surface area contributed by atoms with Crippen molar-refractivity contribution in [3.05, 3.63) is 65.5 Å². The van der Waals surface area contributed by atoms with Crippen molar-refractivity contribution in [3.8, 4) is 5.75 Å². The first-order valence-corrected chi connectivity index (χ1v) is 10.2. The number of likely N-dealkylation sites (N-methyl/N-ethyl adjacent to an activating group) is 1. The van der Waals surface area contributed by atoms with Crippen molar-refractivity contribution in [2.24, 2.45) is 0 Å². The molecule has 0 radical (unpaired) electrons. The summed E-state index contributed by atoms with van der Waals surface area (Å²) in [7, 11) is 1.77. The van der Waals surface area contributed by atoms with E-state index in [2.05, 4.69) is 10.9 Å². The average molecular weight is 413 g/mol.